The van der Waals surface area contributed by atoms with Crippen LogP contribution >= 0.6 is 23.2 Å². The van der Waals surface area contributed by atoms with Gasteiger partial charge in [-0.15, -0.1) is 0 Å². The monoisotopic (exact) mass is 360 g/mol. The fourth-order valence-electron chi connectivity index (χ4n) is 3.10. The number of hydrogen-bond donors (Lipinski definition) is 2. The van der Waals surface area contributed by atoms with Gasteiger partial charge in [0, 0.05) is 26.9 Å². The summed E-state index contributed by atoms with van der Waals surface area (Å²) >= 11 is 12.7. The highest BCUT2D eigenvalue weighted by Crippen LogP contribution is 2.36. The maximum Gasteiger partial charge on any atom is 0.159 e. The normalized spacial score (nSPS) is 20.7. The molecule has 0 saturated carbocycles. The van der Waals surface area contributed by atoms with Crippen molar-refractivity contribution >= 4 is 29.0 Å². The zero-order chi connectivity index (χ0) is 17.3. The Labute approximate surface area is 151 Å². The summed E-state index contributed by atoms with van der Waals surface area (Å²) < 4.78 is 0. The topological polar surface area (TPSA) is 41.1 Å². The summed E-state index contributed by atoms with van der Waals surface area (Å²) in [6, 6.07) is 14.9. The van der Waals surface area contributed by atoms with Crippen LogP contribution in [0.4, 0.5) is 0 Å². The van der Waals surface area contributed by atoms with Gasteiger partial charge in [-0.3, -0.25) is 10.1 Å². The van der Waals surface area contributed by atoms with E-state index in [1.54, 1.807) is 6.92 Å². The Morgan fingerprint density at radius 2 is 1.50 bits per heavy atom. The van der Waals surface area contributed by atoms with Crippen molar-refractivity contribution in [1.82, 2.24) is 10.6 Å². The molecular formula is C19H18Cl2N2O. The van der Waals surface area contributed by atoms with Gasteiger partial charge >= 0.3 is 0 Å². The van der Waals surface area contributed by atoms with Gasteiger partial charge in [0.15, 0.2) is 5.78 Å². The number of hydrogen-bond acceptors (Lipinski definition) is 3. The Kier molecular flexibility index (Phi) is 4.95. The Morgan fingerprint density at radius 3 is 2.04 bits per heavy atom. The van der Waals surface area contributed by atoms with Crippen LogP contribution in [0.15, 0.2) is 59.8 Å². The molecule has 1 aliphatic rings. The lowest BCUT2D eigenvalue weighted by molar-refractivity contribution is -0.114. The van der Waals surface area contributed by atoms with E-state index in [0.29, 0.717) is 15.6 Å². The van der Waals surface area contributed by atoms with Gasteiger partial charge in [-0.25, -0.2) is 0 Å². The van der Waals surface area contributed by atoms with Gasteiger partial charge < -0.3 is 5.32 Å². The Hall–Kier alpha value is -1.81. The third-order valence-corrected chi connectivity index (χ3v) is 4.89. The smallest absolute Gasteiger partial charge is 0.159 e. The van der Waals surface area contributed by atoms with Crippen LogP contribution < -0.4 is 10.6 Å². The van der Waals surface area contributed by atoms with Crippen LogP contribution in [-0.4, -0.2) is 5.78 Å². The molecule has 5 heteroatoms. The van der Waals surface area contributed by atoms with Crippen molar-refractivity contribution in [1.29, 1.82) is 0 Å². The van der Waals surface area contributed by atoms with Crippen molar-refractivity contribution in [2.75, 3.05) is 0 Å². The fourth-order valence-corrected chi connectivity index (χ4v) is 3.59. The molecular weight excluding hydrogens is 343 g/mol. The van der Waals surface area contributed by atoms with E-state index >= 15 is 0 Å². The van der Waals surface area contributed by atoms with Gasteiger partial charge in [0.25, 0.3) is 0 Å². The van der Waals surface area contributed by atoms with Crippen LogP contribution in [0, 0.1) is 0 Å². The van der Waals surface area contributed by atoms with E-state index in [9.17, 15) is 4.79 Å². The van der Waals surface area contributed by atoms with Gasteiger partial charge in [0.2, 0.25) is 0 Å². The minimum absolute atomic E-state index is 0.00929. The van der Waals surface area contributed by atoms with Crippen LogP contribution in [0.2, 0.25) is 10.0 Å². The quantitative estimate of drug-likeness (QED) is 0.826. The van der Waals surface area contributed by atoms with Crippen molar-refractivity contribution in [2.45, 2.75) is 26.1 Å². The molecule has 2 aromatic rings. The predicted molar refractivity (Wildman–Crippen MR) is 98.0 cm³/mol. The molecule has 0 aromatic heterocycles. The molecule has 2 N–H and O–H groups in total. The first-order valence-corrected chi connectivity index (χ1v) is 8.47. The Balaban J connectivity index is 2.08. The molecule has 3 nitrogen and oxygen atoms in total. The van der Waals surface area contributed by atoms with E-state index in [2.05, 4.69) is 10.6 Å². The summed E-state index contributed by atoms with van der Waals surface area (Å²) in [4.78, 5) is 12.2. The molecule has 1 aliphatic heterocycles. The molecule has 2 atom stereocenters. The fraction of sp³-hybridized carbons (Fsp3) is 0.211. The predicted octanol–water partition coefficient (Wildman–Crippen LogP) is 4.79. The molecule has 0 aliphatic carbocycles. The zero-order valence-electron chi connectivity index (χ0n) is 13.4. The van der Waals surface area contributed by atoms with Crippen molar-refractivity contribution in [3.8, 4) is 0 Å². The number of allylic oxidation sites excluding steroid dienone is 1. The maximum absolute atomic E-state index is 12.2. The Morgan fingerprint density at radius 1 is 0.958 bits per heavy atom. The van der Waals surface area contributed by atoms with E-state index in [0.717, 1.165) is 16.8 Å². The third kappa shape index (κ3) is 3.20. The molecule has 0 radical (unpaired) electrons. The molecule has 24 heavy (non-hydrogen) atoms. The van der Waals surface area contributed by atoms with Crippen LogP contribution in [0.3, 0.4) is 0 Å². The van der Waals surface area contributed by atoms with E-state index < -0.39 is 0 Å². The minimum Gasteiger partial charge on any atom is -0.369 e. The molecule has 3 rings (SSSR count). The van der Waals surface area contributed by atoms with E-state index in [1.807, 2.05) is 55.5 Å². The largest absolute Gasteiger partial charge is 0.369 e. The Bertz CT molecular complexity index is 817. The average Bonchev–Trinajstić information content (AvgIpc) is 2.54. The number of nitrogens with one attached hydrogen (secondary N) is 2. The summed E-state index contributed by atoms with van der Waals surface area (Å²) in [5, 5.41) is 8.11. The van der Waals surface area contributed by atoms with Gasteiger partial charge in [-0.2, -0.15) is 0 Å². The molecule has 0 amide bonds. The number of halogens is 2. The minimum atomic E-state index is -0.293. The summed E-state index contributed by atoms with van der Waals surface area (Å²) in [7, 11) is 0. The second-order valence-electron chi connectivity index (χ2n) is 5.81. The molecule has 0 saturated heterocycles. The van der Waals surface area contributed by atoms with Crippen LogP contribution in [0.25, 0.3) is 0 Å². The molecule has 0 bridgehead atoms. The van der Waals surface area contributed by atoms with E-state index in [4.69, 9.17) is 23.2 Å². The van der Waals surface area contributed by atoms with Gasteiger partial charge in [0.1, 0.15) is 6.17 Å². The second-order valence-corrected chi connectivity index (χ2v) is 6.63. The highest BCUT2D eigenvalue weighted by molar-refractivity contribution is 6.31. The van der Waals surface area contributed by atoms with Crippen LogP contribution in [0.5, 0.6) is 0 Å². The summed E-state index contributed by atoms with van der Waals surface area (Å²) in [6.07, 6.45) is -0.205. The van der Waals surface area contributed by atoms with Gasteiger partial charge in [-0.05, 0) is 31.5 Å². The second kappa shape index (κ2) is 6.98. The van der Waals surface area contributed by atoms with Crippen molar-refractivity contribution in [3.05, 3.63) is 81.0 Å². The number of carbonyl (C=O) groups excluding carboxylic acids is 1. The average molecular weight is 361 g/mol. The van der Waals surface area contributed by atoms with Gasteiger partial charge in [0.05, 0.1) is 6.04 Å². The molecule has 124 valence electrons. The van der Waals surface area contributed by atoms with Crippen LogP contribution in [-0.2, 0) is 4.79 Å². The lowest BCUT2D eigenvalue weighted by Crippen LogP contribution is -2.43. The number of ketones is 1. The summed E-state index contributed by atoms with van der Waals surface area (Å²) in [5.74, 6) is 0.00929. The van der Waals surface area contributed by atoms with Gasteiger partial charge in [-0.1, -0.05) is 59.6 Å². The number of carbonyl (C=O) groups is 1. The molecule has 1 heterocycles. The number of Topliss-reactive ketones (excluding diaryl/α,β-unsaturated/α-hetero) is 1. The highest BCUT2D eigenvalue weighted by atomic mass is 35.5. The van der Waals surface area contributed by atoms with Crippen LogP contribution in [0.1, 0.15) is 37.2 Å². The maximum atomic E-state index is 12.2. The first-order chi connectivity index (χ1) is 11.5. The summed E-state index contributed by atoms with van der Waals surface area (Å²) in [6.45, 7) is 3.48. The van der Waals surface area contributed by atoms with Crippen molar-refractivity contribution < 1.29 is 4.79 Å². The molecule has 0 unspecified atom stereocenters. The highest BCUT2D eigenvalue weighted by Gasteiger charge is 2.32. The zero-order valence-corrected chi connectivity index (χ0v) is 14.9. The first-order valence-electron chi connectivity index (χ1n) is 7.72. The van der Waals surface area contributed by atoms with E-state index in [-0.39, 0.29) is 18.0 Å². The molecule has 2 aromatic carbocycles. The SMILES string of the molecule is CC(=O)C1=C(C)N[C@@H](c2ccccc2Cl)N[C@@H]1c1ccccc1Cl. The lowest BCUT2D eigenvalue weighted by Gasteiger charge is -2.36. The standard InChI is InChI=1S/C19H18Cl2N2O/c1-11-17(12(2)24)18(13-7-3-5-9-15(13)20)23-19(22-11)14-8-4-6-10-16(14)21/h3-10,18-19,22-23H,1-2H3/t18-,19-/m1/s1. The number of benzene rings is 2. The third-order valence-electron chi connectivity index (χ3n) is 4.20. The lowest BCUT2D eigenvalue weighted by atomic mass is 9.91. The summed E-state index contributed by atoms with van der Waals surface area (Å²) in [5.41, 5.74) is 3.32. The first kappa shape index (κ1) is 17.0. The van der Waals surface area contributed by atoms with E-state index in [1.165, 1.54) is 0 Å². The van der Waals surface area contributed by atoms with Crippen molar-refractivity contribution in [2.24, 2.45) is 0 Å². The number of rotatable bonds is 3. The molecule has 0 fully saturated rings. The van der Waals surface area contributed by atoms with Crippen molar-refractivity contribution in [3.63, 3.8) is 0 Å². The molecule has 0 spiro atoms.